The van der Waals surface area contributed by atoms with Crippen molar-refractivity contribution in [1.82, 2.24) is 4.98 Å². The van der Waals surface area contributed by atoms with E-state index < -0.39 is 24.3 Å². The van der Waals surface area contributed by atoms with Crippen molar-refractivity contribution in [2.24, 2.45) is 0 Å². The molecule has 2 heterocycles. The molecule has 5 N–H and O–H groups in total. The van der Waals surface area contributed by atoms with E-state index in [1.807, 2.05) is 6.07 Å². The van der Waals surface area contributed by atoms with Crippen molar-refractivity contribution >= 4 is 23.4 Å². The van der Waals surface area contributed by atoms with Gasteiger partial charge < -0.3 is 35.5 Å². The zero-order valence-electron chi connectivity index (χ0n) is 19.0. The number of benzene rings is 1. The molecule has 37 heavy (non-hydrogen) atoms. The highest BCUT2D eigenvalue weighted by Gasteiger charge is 2.38. The number of carboxylic acid groups (broad SMARTS) is 2. The van der Waals surface area contributed by atoms with Crippen LogP contribution >= 0.6 is 0 Å². The molecule has 0 bridgehead atoms. The van der Waals surface area contributed by atoms with Crippen LogP contribution in [0.25, 0.3) is 0 Å². The maximum absolute atomic E-state index is 10.6. The Labute approximate surface area is 204 Å². The number of ether oxygens (including phenoxy) is 3. The van der Waals surface area contributed by atoms with Crippen molar-refractivity contribution in [2.45, 2.75) is 18.8 Å². The second-order valence-electron chi connectivity index (χ2n) is 6.59. The van der Waals surface area contributed by atoms with Gasteiger partial charge in [-0.25, -0.2) is 9.59 Å². The van der Waals surface area contributed by atoms with Gasteiger partial charge in [0.25, 0.3) is 0 Å². The molecular weight excluding hydrogens is 522 g/mol. The topological polar surface area (TPSA) is 177 Å². The van der Waals surface area contributed by atoms with E-state index in [1.165, 1.54) is 0 Å². The van der Waals surface area contributed by atoms with Gasteiger partial charge in [0.2, 0.25) is 5.88 Å². The first-order valence-corrected chi connectivity index (χ1v) is 9.44. The molecule has 0 saturated carbocycles. The van der Waals surface area contributed by atoms with Crippen molar-refractivity contribution in [3.63, 3.8) is 0 Å². The lowest BCUT2D eigenvalue weighted by molar-refractivity contribution is -0.193. The molecule has 202 valence electrons. The van der Waals surface area contributed by atoms with Crippen molar-refractivity contribution in [3.8, 4) is 29.2 Å². The predicted molar refractivity (Wildman–Crippen MR) is 113 cm³/mol. The van der Waals surface area contributed by atoms with E-state index >= 15 is 0 Å². The molecule has 3 rings (SSSR count). The summed E-state index contributed by atoms with van der Waals surface area (Å²) in [6, 6.07) is 5.70. The van der Waals surface area contributed by atoms with Gasteiger partial charge in [-0.05, 0) is 6.07 Å². The quantitative estimate of drug-likeness (QED) is 0.357. The number of fused-ring (bicyclic) bond motifs is 2. The highest BCUT2D eigenvalue weighted by molar-refractivity contribution is 5.75. The second-order valence-corrected chi connectivity index (χ2v) is 6.59. The summed E-state index contributed by atoms with van der Waals surface area (Å²) in [5.41, 5.74) is 8.52. The number of hydrogen-bond acceptors (Lipinski definition) is 9. The predicted octanol–water partition coefficient (Wildman–Crippen LogP) is 3.56. The van der Waals surface area contributed by atoms with Crippen molar-refractivity contribution in [3.05, 3.63) is 28.8 Å². The monoisotopic (exact) mass is 540 g/mol. The Morgan fingerprint density at radius 3 is 1.92 bits per heavy atom. The molecule has 0 saturated heterocycles. The van der Waals surface area contributed by atoms with E-state index in [0.717, 1.165) is 11.1 Å². The number of halogens is 6. The Balaban J connectivity index is 0.000000404. The van der Waals surface area contributed by atoms with Gasteiger partial charge in [-0.15, -0.1) is 0 Å². The minimum atomic E-state index is -5.08. The lowest BCUT2D eigenvalue weighted by Gasteiger charge is -2.24. The normalized spacial score (nSPS) is 11.5. The maximum atomic E-state index is 10.6. The standard InChI is InChI=1S/C16H16N4O3.2C2HF3O2/c1-19-14-9-4-8-5-12(21-2)13(22-3)6-11(8)23-16(9)20-15(18)10(14)7-17;2*3-2(4,5)1(6)7/h5-6H,4H2,1-3H3,(H3,18,19,20);2*(H,6,7). The number of aromatic nitrogens is 1. The van der Waals surface area contributed by atoms with Gasteiger partial charge in [0.05, 0.1) is 19.9 Å². The minimum Gasteiger partial charge on any atom is -0.493 e. The van der Waals surface area contributed by atoms with E-state index in [1.54, 1.807) is 27.3 Å². The van der Waals surface area contributed by atoms with Crippen LogP contribution in [0.4, 0.5) is 37.8 Å². The first-order chi connectivity index (χ1) is 17.0. The molecule has 0 amide bonds. The molecule has 0 atom stereocenters. The van der Waals surface area contributed by atoms with E-state index in [9.17, 15) is 31.6 Å². The van der Waals surface area contributed by atoms with Crippen molar-refractivity contribution in [2.75, 3.05) is 32.3 Å². The Kier molecular flexibility index (Phi) is 9.76. The van der Waals surface area contributed by atoms with Crippen LogP contribution in [-0.4, -0.2) is 60.8 Å². The van der Waals surface area contributed by atoms with Crippen LogP contribution in [0.2, 0.25) is 0 Å². The number of carbonyl (C=O) groups is 2. The van der Waals surface area contributed by atoms with Gasteiger partial charge in [0.1, 0.15) is 23.2 Å². The van der Waals surface area contributed by atoms with Crippen LogP contribution in [0.15, 0.2) is 12.1 Å². The van der Waals surface area contributed by atoms with Gasteiger partial charge in [0, 0.05) is 30.7 Å². The van der Waals surface area contributed by atoms with Crippen LogP contribution in [0.5, 0.6) is 23.1 Å². The summed E-state index contributed by atoms with van der Waals surface area (Å²) in [4.78, 5) is 22.0. The Bertz CT molecular complexity index is 1190. The van der Waals surface area contributed by atoms with Crippen LogP contribution in [-0.2, 0) is 16.0 Å². The number of aliphatic carboxylic acids is 2. The van der Waals surface area contributed by atoms with Gasteiger partial charge in [-0.3, -0.25) is 0 Å². The Morgan fingerprint density at radius 1 is 1.08 bits per heavy atom. The number of alkyl halides is 6. The number of nitrogens with one attached hydrogen (secondary N) is 1. The van der Waals surface area contributed by atoms with Crippen molar-refractivity contribution < 1.29 is 60.4 Å². The number of rotatable bonds is 3. The first kappa shape index (κ1) is 30.4. The molecule has 1 aromatic carbocycles. The molecule has 1 aromatic heterocycles. The number of methoxy groups -OCH3 is 2. The fourth-order valence-electron chi connectivity index (χ4n) is 2.69. The van der Waals surface area contributed by atoms with Crippen LogP contribution in [0.1, 0.15) is 16.7 Å². The molecule has 0 spiro atoms. The van der Waals surface area contributed by atoms with E-state index in [4.69, 9.17) is 39.7 Å². The number of hydrogen-bond donors (Lipinski definition) is 4. The van der Waals surface area contributed by atoms with E-state index in [0.29, 0.717) is 40.8 Å². The Morgan fingerprint density at radius 2 is 1.54 bits per heavy atom. The molecule has 0 unspecified atom stereocenters. The molecule has 0 radical (unpaired) electrons. The van der Waals surface area contributed by atoms with Gasteiger partial charge in [0.15, 0.2) is 11.5 Å². The summed E-state index contributed by atoms with van der Waals surface area (Å²) < 4.78 is 80.0. The third kappa shape index (κ3) is 7.68. The first-order valence-electron chi connectivity index (χ1n) is 9.44. The number of nitrogens with two attached hydrogens (primary N) is 1. The number of pyridine rings is 1. The molecule has 17 heteroatoms. The third-order valence-electron chi connectivity index (χ3n) is 4.28. The third-order valence-corrected chi connectivity index (χ3v) is 4.28. The van der Waals surface area contributed by atoms with Gasteiger partial charge in [-0.2, -0.15) is 36.6 Å². The maximum Gasteiger partial charge on any atom is 0.490 e. The summed E-state index contributed by atoms with van der Waals surface area (Å²) in [6.45, 7) is 0. The summed E-state index contributed by atoms with van der Waals surface area (Å²) in [5.74, 6) is -3.16. The minimum absolute atomic E-state index is 0.138. The highest BCUT2D eigenvalue weighted by atomic mass is 19.4. The number of nitriles is 1. The van der Waals surface area contributed by atoms with Crippen LogP contribution < -0.4 is 25.3 Å². The van der Waals surface area contributed by atoms with Gasteiger partial charge in [-0.1, -0.05) is 0 Å². The lowest BCUT2D eigenvalue weighted by atomic mass is 9.98. The largest absolute Gasteiger partial charge is 0.493 e. The second kappa shape index (κ2) is 11.9. The molecule has 0 fully saturated rings. The average Bonchev–Trinajstić information content (AvgIpc) is 2.80. The van der Waals surface area contributed by atoms with Crippen LogP contribution in [0, 0.1) is 11.3 Å². The lowest BCUT2D eigenvalue weighted by Crippen LogP contribution is -2.21. The molecule has 2 aromatic rings. The molecule has 1 aliphatic rings. The number of anilines is 2. The average molecular weight is 540 g/mol. The van der Waals surface area contributed by atoms with Crippen molar-refractivity contribution in [1.29, 1.82) is 5.26 Å². The molecular formula is C20H18F6N4O7. The summed E-state index contributed by atoms with van der Waals surface area (Å²) in [5, 5.41) is 26.6. The number of nitrogen functional groups attached to an aromatic ring is 1. The van der Waals surface area contributed by atoms with Gasteiger partial charge >= 0.3 is 24.3 Å². The molecule has 11 nitrogen and oxygen atoms in total. The van der Waals surface area contributed by atoms with Crippen LogP contribution in [0.3, 0.4) is 0 Å². The zero-order valence-corrected chi connectivity index (χ0v) is 19.0. The summed E-state index contributed by atoms with van der Waals surface area (Å²) >= 11 is 0. The number of carboxylic acids is 2. The molecule has 1 aliphatic heterocycles. The smallest absolute Gasteiger partial charge is 0.490 e. The number of nitrogens with zero attached hydrogens (tertiary/aromatic N) is 2. The molecule has 0 aliphatic carbocycles. The fourth-order valence-corrected chi connectivity index (χ4v) is 2.69. The van der Waals surface area contributed by atoms with E-state index in [-0.39, 0.29) is 5.82 Å². The summed E-state index contributed by atoms with van der Waals surface area (Å²) in [7, 11) is 4.88. The SMILES string of the molecule is CNc1c(C#N)c(N)nc2c1Cc1cc(OC)c(OC)cc1O2.O=C(O)C(F)(F)F.O=C(O)C(F)(F)F. The zero-order chi connectivity index (χ0) is 28.7. The van der Waals surface area contributed by atoms with E-state index in [2.05, 4.69) is 16.4 Å². The highest BCUT2D eigenvalue weighted by Crippen LogP contribution is 2.45. The Hall–Kier alpha value is -4.62. The summed E-state index contributed by atoms with van der Waals surface area (Å²) in [6.07, 6.45) is -9.62. The fraction of sp³-hybridized carbons (Fsp3) is 0.300.